The summed E-state index contributed by atoms with van der Waals surface area (Å²) >= 11 is 3.34. The number of anilines is 1. The number of hydrogen-bond donors (Lipinski definition) is 2. The molecule has 0 aliphatic carbocycles. The maximum Gasteiger partial charge on any atom is 0.305 e. The van der Waals surface area contributed by atoms with Crippen LogP contribution in [0.25, 0.3) is 0 Å². The van der Waals surface area contributed by atoms with Crippen LogP contribution in [0.4, 0.5) is 10.2 Å². The summed E-state index contributed by atoms with van der Waals surface area (Å²) in [7, 11) is 0. The molecule has 0 fully saturated rings. The van der Waals surface area contributed by atoms with Crippen molar-refractivity contribution in [3.05, 3.63) is 64.3 Å². The fraction of sp³-hybridized carbons (Fsp3) is 0.176. The van der Waals surface area contributed by atoms with Gasteiger partial charge in [-0.1, -0.05) is 12.1 Å². The van der Waals surface area contributed by atoms with Crippen LogP contribution < -0.4 is 5.32 Å². The van der Waals surface area contributed by atoms with E-state index in [9.17, 15) is 14.0 Å². The Morgan fingerprint density at radius 2 is 1.89 bits per heavy atom. The molecule has 2 heterocycles. The Balaban J connectivity index is 1.65. The van der Waals surface area contributed by atoms with E-state index in [4.69, 9.17) is 5.11 Å². The van der Waals surface area contributed by atoms with Gasteiger partial charge in [0.15, 0.2) is 11.5 Å². The highest BCUT2D eigenvalue weighted by molar-refractivity contribution is 9.10. The van der Waals surface area contributed by atoms with Gasteiger partial charge in [-0.15, -0.1) is 0 Å². The average molecular weight is 436 g/mol. The summed E-state index contributed by atoms with van der Waals surface area (Å²) in [5, 5.41) is 19.7. The molecular formula is C17H15BrFN5O3. The Kier molecular flexibility index (Phi) is 5.65. The van der Waals surface area contributed by atoms with E-state index in [0.29, 0.717) is 16.8 Å². The number of aryl methyl sites for hydroxylation is 1. The van der Waals surface area contributed by atoms with Crippen LogP contribution >= 0.6 is 15.9 Å². The van der Waals surface area contributed by atoms with E-state index in [0.717, 1.165) is 5.56 Å². The normalized spacial score (nSPS) is 10.7. The van der Waals surface area contributed by atoms with Crippen molar-refractivity contribution >= 4 is 33.6 Å². The molecule has 2 aromatic heterocycles. The van der Waals surface area contributed by atoms with Gasteiger partial charge in [0.1, 0.15) is 5.82 Å². The summed E-state index contributed by atoms with van der Waals surface area (Å²) < 4.78 is 16.6. The first-order valence-electron chi connectivity index (χ1n) is 7.95. The van der Waals surface area contributed by atoms with Crippen LogP contribution in [0.2, 0.25) is 0 Å². The number of benzene rings is 1. The number of carboxylic acid groups (broad SMARTS) is 1. The molecule has 1 amide bonds. The molecule has 1 aromatic carbocycles. The van der Waals surface area contributed by atoms with Gasteiger partial charge >= 0.3 is 5.97 Å². The molecule has 0 bridgehead atoms. The van der Waals surface area contributed by atoms with Gasteiger partial charge in [0.25, 0.3) is 5.91 Å². The highest BCUT2D eigenvalue weighted by Crippen LogP contribution is 2.21. The van der Waals surface area contributed by atoms with Gasteiger partial charge in [-0.2, -0.15) is 10.2 Å². The predicted octanol–water partition coefficient (Wildman–Crippen LogP) is 2.76. The third-order valence-electron chi connectivity index (χ3n) is 3.63. The molecule has 0 atom stereocenters. The molecule has 10 heteroatoms. The topological polar surface area (TPSA) is 102 Å². The molecule has 3 aromatic rings. The lowest BCUT2D eigenvalue weighted by atomic mass is 10.2. The molecule has 0 aliphatic rings. The number of hydrogen-bond acceptors (Lipinski definition) is 4. The van der Waals surface area contributed by atoms with Crippen LogP contribution in [-0.2, 0) is 17.9 Å². The van der Waals surface area contributed by atoms with Crippen LogP contribution in [0.15, 0.2) is 47.2 Å². The molecule has 0 aliphatic heterocycles. The van der Waals surface area contributed by atoms with Crippen molar-refractivity contribution in [1.82, 2.24) is 19.6 Å². The van der Waals surface area contributed by atoms with E-state index in [1.165, 1.54) is 22.9 Å². The van der Waals surface area contributed by atoms with Crippen molar-refractivity contribution in [2.24, 2.45) is 0 Å². The molecule has 0 unspecified atom stereocenters. The van der Waals surface area contributed by atoms with E-state index in [2.05, 4.69) is 31.4 Å². The van der Waals surface area contributed by atoms with Crippen molar-refractivity contribution in [1.29, 1.82) is 0 Å². The van der Waals surface area contributed by atoms with E-state index < -0.39 is 11.9 Å². The minimum atomic E-state index is -0.938. The smallest absolute Gasteiger partial charge is 0.305 e. The molecule has 140 valence electrons. The monoisotopic (exact) mass is 435 g/mol. The highest BCUT2D eigenvalue weighted by Gasteiger charge is 2.15. The molecule has 0 saturated heterocycles. The van der Waals surface area contributed by atoms with Crippen LogP contribution in [0, 0.1) is 5.82 Å². The fourth-order valence-corrected chi connectivity index (χ4v) is 2.74. The molecule has 0 spiro atoms. The second kappa shape index (κ2) is 8.12. The second-order valence-corrected chi connectivity index (χ2v) is 6.57. The molecular weight excluding hydrogens is 421 g/mol. The zero-order valence-electron chi connectivity index (χ0n) is 14.0. The number of rotatable bonds is 7. The van der Waals surface area contributed by atoms with Crippen molar-refractivity contribution in [3.8, 4) is 0 Å². The quantitative estimate of drug-likeness (QED) is 0.593. The number of nitrogens with zero attached hydrogens (tertiary/aromatic N) is 4. The van der Waals surface area contributed by atoms with Crippen LogP contribution in [-0.4, -0.2) is 36.5 Å². The van der Waals surface area contributed by atoms with Gasteiger partial charge < -0.3 is 10.4 Å². The number of amides is 1. The van der Waals surface area contributed by atoms with Gasteiger partial charge in [-0.25, -0.2) is 4.39 Å². The minimum Gasteiger partial charge on any atom is -0.481 e. The standard InChI is InChI=1S/C17H15BrFN5O3/c18-13-10-24(9-11-1-3-12(19)4-2-11)22-16(13)20-17(27)14-5-7-23(21-14)8-6-15(25)26/h1-5,7,10H,6,8-9H2,(H,25,26)(H,20,22,27). The van der Waals surface area contributed by atoms with Gasteiger partial charge in [0, 0.05) is 12.4 Å². The van der Waals surface area contributed by atoms with Gasteiger partial charge in [0.2, 0.25) is 0 Å². The Morgan fingerprint density at radius 3 is 2.59 bits per heavy atom. The first-order chi connectivity index (χ1) is 12.9. The van der Waals surface area contributed by atoms with E-state index in [1.807, 2.05) is 0 Å². The SMILES string of the molecule is O=C(O)CCn1ccc(C(=O)Nc2nn(Cc3ccc(F)cc3)cc2Br)n1. The first-order valence-corrected chi connectivity index (χ1v) is 8.74. The summed E-state index contributed by atoms with van der Waals surface area (Å²) in [4.78, 5) is 22.9. The number of aliphatic carboxylic acids is 1. The summed E-state index contributed by atoms with van der Waals surface area (Å²) in [6, 6.07) is 7.56. The Labute approximate surface area is 161 Å². The molecule has 0 saturated carbocycles. The maximum atomic E-state index is 13.0. The summed E-state index contributed by atoms with van der Waals surface area (Å²) in [5.74, 6) is -1.39. The molecule has 2 N–H and O–H groups in total. The number of carbonyl (C=O) groups excluding carboxylic acids is 1. The van der Waals surface area contributed by atoms with Crippen LogP contribution in [0.5, 0.6) is 0 Å². The lowest BCUT2D eigenvalue weighted by molar-refractivity contribution is -0.137. The highest BCUT2D eigenvalue weighted by atomic mass is 79.9. The summed E-state index contributed by atoms with van der Waals surface area (Å²) in [5.41, 5.74) is 1.02. The third-order valence-corrected chi connectivity index (χ3v) is 4.22. The van der Waals surface area contributed by atoms with Crippen LogP contribution in [0.3, 0.4) is 0 Å². The fourth-order valence-electron chi connectivity index (χ4n) is 2.33. The lowest BCUT2D eigenvalue weighted by Crippen LogP contribution is -2.15. The number of aromatic nitrogens is 4. The van der Waals surface area contributed by atoms with Crippen molar-refractivity contribution < 1.29 is 19.1 Å². The average Bonchev–Trinajstić information content (AvgIpc) is 3.22. The van der Waals surface area contributed by atoms with E-state index >= 15 is 0 Å². The minimum absolute atomic E-state index is 0.0813. The Morgan fingerprint density at radius 1 is 1.15 bits per heavy atom. The van der Waals surface area contributed by atoms with Gasteiger partial charge in [0.05, 0.1) is 24.0 Å². The number of halogens is 2. The van der Waals surface area contributed by atoms with Crippen molar-refractivity contribution in [2.45, 2.75) is 19.5 Å². The van der Waals surface area contributed by atoms with E-state index in [1.54, 1.807) is 29.2 Å². The van der Waals surface area contributed by atoms with Gasteiger partial charge in [-0.05, 0) is 39.7 Å². The maximum absolute atomic E-state index is 13.0. The van der Waals surface area contributed by atoms with Gasteiger partial charge in [-0.3, -0.25) is 19.0 Å². The summed E-state index contributed by atoms with van der Waals surface area (Å²) in [6.07, 6.45) is 3.16. The lowest BCUT2D eigenvalue weighted by Gasteiger charge is -2.02. The number of carboxylic acids is 1. The Hall–Kier alpha value is -3.01. The zero-order chi connectivity index (χ0) is 19.4. The summed E-state index contributed by atoms with van der Waals surface area (Å²) in [6.45, 7) is 0.594. The van der Waals surface area contributed by atoms with E-state index in [-0.39, 0.29) is 24.5 Å². The largest absolute Gasteiger partial charge is 0.481 e. The molecule has 0 radical (unpaired) electrons. The molecule has 8 nitrogen and oxygen atoms in total. The number of carbonyl (C=O) groups is 2. The Bertz CT molecular complexity index is 967. The zero-order valence-corrected chi connectivity index (χ0v) is 15.6. The molecule has 27 heavy (non-hydrogen) atoms. The molecule has 3 rings (SSSR count). The number of nitrogens with one attached hydrogen (secondary N) is 1. The second-order valence-electron chi connectivity index (χ2n) is 5.71. The van der Waals surface area contributed by atoms with Crippen molar-refractivity contribution in [2.75, 3.05) is 5.32 Å². The van der Waals surface area contributed by atoms with Crippen molar-refractivity contribution in [3.63, 3.8) is 0 Å². The third kappa shape index (κ3) is 5.00. The predicted molar refractivity (Wildman–Crippen MR) is 97.9 cm³/mol. The first kappa shape index (κ1) is 18.8. The van der Waals surface area contributed by atoms with Crippen LogP contribution in [0.1, 0.15) is 22.5 Å².